The van der Waals surface area contributed by atoms with Crippen LogP contribution in [0.1, 0.15) is 31.0 Å². The van der Waals surface area contributed by atoms with Gasteiger partial charge in [0.1, 0.15) is 5.01 Å². The first-order valence-electron chi connectivity index (χ1n) is 6.82. The molecule has 5 nitrogen and oxygen atoms in total. The molecule has 0 aromatic carbocycles. The maximum atomic E-state index is 11.7. The molecule has 0 unspecified atom stereocenters. The zero-order valence-corrected chi connectivity index (χ0v) is 12.6. The van der Waals surface area contributed by atoms with Crippen LogP contribution in [0, 0.1) is 0 Å². The van der Waals surface area contributed by atoms with Crippen LogP contribution in [0.3, 0.4) is 0 Å². The average Bonchev–Trinajstić information content (AvgIpc) is 2.86. The van der Waals surface area contributed by atoms with Crippen LogP contribution in [0.5, 0.6) is 0 Å². The molecule has 0 radical (unpaired) electrons. The first-order chi connectivity index (χ1) is 9.19. The second kappa shape index (κ2) is 9.01. The molecule has 108 valence electrons. The number of nitrogens with two attached hydrogens (primary N) is 1. The number of hydrogen-bond acceptors (Lipinski definition) is 5. The van der Waals surface area contributed by atoms with Crippen molar-refractivity contribution in [1.29, 1.82) is 0 Å². The lowest BCUT2D eigenvalue weighted by Crippen LogP contribution is -2.30. The number of carbonyl (C=O) groups excluding carboxylic acids is 1. The number of nitrogens with zero attached hydrogens (tertiary/aromatic N) is 2. The summed E-state index contributed by atoms with van der Waals surface area (Å²) in [6.45, 7) is 8.62. The number of thiazole rings is 1. The zero-order valence-electron chi connectivity index (χ0n) is 11.8. The van der Waals surface area contributed by atoms with Gasteiger partial charge in [0.05, 0.1) is 12.1 Å². The summed E-state index contributed by atoms with van der Waals surface area (Å²) in [7, 11) is 0. The van der Waals surface area contributed by atoms with Crippen LogP contribution in [0.2, 0.25) is 0 Å². The fourth-order valence-corrected chi connectivity index (χ4v) is 2.50. The lowest BCUT2D eigenvalue weighted by atomic mass is 10.3. The minimum Gasteiger partial charge on any atom is -0.356 e. The minimum atomic E-state index is 0.0356. The van der Waals surface area contributed by atoms with Crippen molar-refractivity contribution in [3.8, 4) is 0 Å². The van der Waals surface area contributed by atoms with Gasteiger partial charge in [-0.15, -0.1) is 11.3 Å². The molecule has 0 saturated carbocycles. The highest BCUT2D eigenvalue weighted by Gasteiger charge is 2.07. The summed E-state index contributed by atoms with van der Waals surface area (Å²) in [5, 5.41) is 5.71. The Morgan fingerprint density at radius 3 is 2.79 bits per heavy atom. The van der Waals surface area contributed by atoms with E-state index in [1.165, 1.54) is 11.3 Å². The lowest BCUT2D eigenvalue weighted by Gasteiger charge is -2.17. The van der Waals surface area contributed by atoms with Crippen molar-refractivity contribution >= 4 is 17.2 Å². The number of amides is 1. The number of aromatic nitrogens is 1. The Bertz CT molecular complexity index is 376. The third-order valence-electron chi connectivity index (χ3n) is 2.98. The van der Waals surface area contributed by atoms with Gasteiger partial charge in [0.25, 0.3) is 0 Å². The van der Waals surface area contributed by atoms with E-state index < -0.39 is 0 Å². The third kappa shape index (κ3) is 6.13. The molecule has 0 bridgehead atoms. The molecule has 0 aliphatic heterocycles. The standard InChI is InChI=1S/C13H24N4OS/c1-3-17(4-2)7-5-6-15-12(18)8-11-10-19-13(9-14)16-11/h10H,3-9,14H2,1-2H3,(H,15,18). The Hall–Kier alpha value is -0.980. The van der Waals surface area contributed by atoms with Gasteiger partial charge in [-0.1, -0.05) is 13.8 Å². The van der Waals surface area contributed by atoms with Gasteiger partial charge < -0.3 is 16.0 Å². The second-order valence-electron chi connectivity index (χ2n) is 4.34. The maximum absolute atomic E-state index is 11.7. The molecular weight excluding hydrogens is 260 g/mol. The van der Waals surface area contributed by atoms with Crippen molar-refractivity contribution in [2.24, 2.45) is 5.73 Å². The molecule has 1 rings (SSSR count). The van der Waals surface area contributed by atoms with Gasteiger partial charge in [0.15, 0.2) is 0 Å². The zero-order chi connectivity index (χ0) is 14.1. The van der Waals surface area contributed by atoms with Gasteiger partial charge in [-0.3, -0.25) is 4.79 Å². The minimum absolute atomic E-state index is 0.0356. The Morgan fingerprint density at radius 2 is 2.21 bits per heavy atom. The molecule has 1 amide bonds. The predicted molar refractivity (Wildman–Crippen MR) is 79.1 cm³/mol. The van der Waals surface area contributed by atoms with Gasteiger partial charge in [0, 0.05) is 18.5 Å². The molecule has 0 fully saturated rings. The van der Waals surface area contributed by atoms with Gasteiger partial charge in [-0.25, -0.2) is 4.98 Å². The topological polar surface area (TPSA) is 71.2 Å². The molecule has 0 atom stereocenters. The van der Waals surface area contributed by atoms with Crippen molar-refractivity contribution < 1.29 is 4.79 Å². The molecule has 0 saturated heterocycles. The molecule has 0 aliphatic carbocycles. The second-order valence-corrected chi connectivity index (χ2v) is 5.29. The van der Waals surface area contributed by atoms with E-state index in [1.807, 2.05) is 5.38 Å². The quantitative estimate of drug-likeness (QED) is 0.664. The average molecular weight is 284 g/mol. The van der Waals surface area contributed by atoms with E-state index in [1.54, 1.807) is 0 Å². The fraction of sp³-hybridized carbons (Fsp3) is 0.692. The van der Waals surface area contributed by atoms with Crippen LogP contribution >= 0.6 is 11.3 Å². The van der Waals surface area contributed by atoms with Crippen molar-refractivity contribution in [1.82, 2.24) is 15.2 Å². The summed E-state index contributed by atoms with van der Waals surface area (Å²) in [6, 6.07) is 0. The number of rotatable bonds is 9. The molecule has 6 heteroatoms. The van der Waals surface area contributed by atoms with Gasteiger partial charge in [-0.05, 0) is 26.1 Å². The third-order valence-corrected chi connectivity index (χ3v) is 3.90. The summed E-state index contributed by atoms with van der Waals surface area (Å²) >= 11 is 1.51. The van der Waals surface area contributed by atoms with E-state index in [-0.39, 0.29) is 5.91 Å². The predicted octanol–water partition coefficient (Wildman–Crippen LogP) is 0.992. The highest BCUT2D eigenvalue weighted by atomic mass is 32.1. The molecule has 19 heavy (non-hydrogen) atoms. The smallest absolute Gasteiger partial charge is 0.226 e. The number of carbonyl (C=O) groups is 1. The molecule has 1 aromatic heterocycles. The van der Waals surface area contributed by atoms with Gasteiger partial charge >= 0.3 is 0 Å². The van der Waals surface area contributed by atoms with Crippen molar-refractivity contribution in [2.75, 3.05) is 26.2 Å². The van der Waals surface area contributed by atoms with E-state index in [9.17, 15) is 4.79 Å². The highest BCUT2D eigenvalue weighted by molar-refractivity contribution is 7.09. The Morgan fingerprint density at radius 1 is 1.47 bits per heavy atom. The Kier molecular flexibility index (Phi) is 7.62. The fourth-order valence-electron chi connectivity index (χ4n) is 1.82. The maximum Gasteiger partial charge on any atom is 0.226 e. The van der Waals surface area contributed by atoms with Gasteiger partial charge in [-0.2, -0.15) is 0 Å². The van der Waals surface area contributed by atoms with Crippen LogP contribution in [-0.2, 0) is 17.8 Å². The highest BCUT2D eigenvalue weighted by Crippen LogP contribution is 2.09. The normalized spacial score (nSPS) is 10.9. The molecular formula is C13H24N4OS. The van der Waals surface area contributed by atoms with E-state index in [0.29, 0.717) is 13.0 Å². The van der Waals surface area contributed by atoms with E-state index in [4.69, 9.17) is 5.73 Å². The Labute approximate surface area is 119 Å². The van der Waals surface area contributed by atoms with Crippen molar-refractivity contribution in [3.05, 3.63) is 16.1 Å². The Balaban J connectivity index is 2.17. The van der Waals surface area contributed by atoms with Crippen LogP contribution in [0.25, 0.3) is 0 Å². The number of nitrogens with one attached hydrogen (secondary N) is 1. The van der Waals surface area contributed by atoms with Crippen molar-refractivity contribution in [3.63, 3.8) is 0 Å². The van der Waals surface area contributed by atoms with E-state index in [2.05, 4.69) is 29.0 Å². The molecule has 1 heterocycles. The van der Waals surface area contributed by atoms with Gasteiger partial charge in [0.2, 0.25) is 5.91 Å². The monoisotopic (exact) mass is 284 g/mol. The SMILES string of the molecule is CCN(CC)CCCNC(=O)Cc1csc(CN)n1. The van der Waals surface area contributed by atoms with E-state index >= 15 is 0 Å². The molecule has 3 N–H and O–H groups in total. The first-order valence-corrected chi connectivity index (χ1v) is 7.69. The molecule has 1 aromatic rings. The summed E-state index contributed by atoms with van der Waals surface area (Å²) in [6.07, 6.45) is 1.33. The lowest BCUT2D eigenvalue weighted by molar-refractivity contribution is -0.120. The van der Waals surface area contributed by atoms with Crippen LogP contribution in [0.15, 0.2) is 5.38 Å². The van der Waals surface area contributed by atoms with Crippen molar-refractivity contribution in [2.45, 2.75) is 33.2 Å². The largest absolute Gasteiger partial charge is 0.356 e. The summed E-state index contributed by atoms with van der Waals surface area (Å²) in [5.41, 5.74) is 6.30. The molecule has 0 aliphatic rings. The van der Waals surface area contributed by atoms with Crippen LogP contribution in [0.4, 0.5) is 0 Å². The number of hydrogen-bond donors (Lipinski definition) is 2. The van der Waals surface area contributed by atoms with Crippen LogP contribution < -0.4 is 11.1 Å². The molecule has 0 spiro atoms. The first kappa shape index (κ1) is 16.1. The van der Waals surface area contributed by atoms with E-state index in [0.717, 1.165) is 43.3 Å². The summed E-state index contributed by atoms with van der Waals surface area (Å²) in [4.78, 5) is 18.3. The summed E-state index contributed by atoms with van der Waals surface area (Å²) in [5.74, 6) is 0.0356. The van der Waals surface area contributed by atoms with Crippen LogP contribution in [-0.4, -0.2) is 42.0 Å². The summed E-state index contributed by atoms with van der Waals surface area (Å²) < 4.78 is 0.